The van der Waals surface area contributed by atoms with E-state index in [1.807, 2.05) is 12.1 Å². The van der Waals surface area contributed by atoms with Crippen molar-refractivity contribution in [2.45, 2.75) is 25.9 Å². The van der Waals surface area contributed by atoms with E-state index in [0.29, 0.717) is 40.5 Å². The summed E-state index contributed by atoms with van der Waals surface area (Å²) in [4.78, 5) is 12.0. The Morgan fingerprint density at radius 1 is 0.897 bits per heavy atom. The van der Waals surface area contributed by atoms with Crippen LogP contribution in [-0.2, 0) is 22.4 Å². The number of methoxy groups -OCH3 is 4. The molecule has 0 amide bonds. The third-order valence-electron chi connectivity index (χ3n) is 4.52. The van der Waals surface area contributed by atoms with Gasteiger partial charge in [0.05, 0.1) is 47.6 Å². The molecule has 1 N–H and O–H groups in total. The number of aliphatic hydroxyl groups excluding tert-OH is 1. The largest absolute Gasteiger partial charge is 0.493 e. The first kappa shape index (κ1) is 22.4. The highest BCUT2D eigenvalue weighted by Crippen LogP contribution is 2.36. The van der Waals surface area contributed by atoms with Crippen LogP contribution in [0.1, 0.15) is 29.7 Å². The van der Waals surface area contributed by atoms with Crippen LogP contribution in [0.4, 0.5) is 0 Å². The zero-order valence-corrected chi connectivity index (χ0v) is 17.5. The van der Waals surface area contributed by atoms with Gasteiger partial charge in [0.25, 0.3) is 0 Å². The fourth-order valence-electron chi connectivity index (χ4n) is 3.11. The molecule has 0 saturated heterocycles. The lowest BCUT2D eigenvalue weighted by atomic mass is 9.94. The summed E-state index contributed by atoms with van der Waals surface area (Å²) in [5, 5.41) is 11.0. The summed E-state index contributed by atoms with van der Waals surface area (Å²) in [5.74, 6) is 1.77. The van der Waals surface area contributed by atoms with Gasteiger partial charge in [-0.1, -0.05) is 6.07 Å². The number of esters is 1. The average Bonchev–Trinajstić information content (AvgIpc) is 2.73. The van der Waals surface area contributed by atoms with Gasteiger partial charge >= 0.3 is 5.97 Å². The van der Waals surface area contributed by atoms with Crippen LogP contribution in [0.3, 0.4) is 0 Å². The van der Waals surface area contributed by atoms with Crippen LogP contribution >= 0.6 is 0 Å². The molecule has 2 rings (SSSR count). The lowest BCUT2D eigenvalue weighted by molar-refractivity contribution is -0.142. The number of benzene rings is 2. The van der Waals surface area contributed by atoms with E-state index in [2.05, 4.69) is 0 Å². The molecule has 0 spiro atoms. The van der Waals surface area contributed by atoms with Gasteiger partial charge in [0.2, 0.25) is 0 Å². The maximum atomic E-state index is 12.0. The lowest BCUT2D eigenvalue weighted by Crippen LogP contribution is -2.13. The van der Waals surface area contributed by atoms with E-state index in [1.54, 1.807) is 39.3 Å². The molecule has 1 unspecified atom stereocenters. The highest BCUT2D eigenvalue weighted by molar-refractivity contribution is 5.73. The fourth-order valence-corrected chi connectivity index (χ4v) is 3.11. The first-order chi connectivity index (χ1) is 14.0. The molecule has 7 nitrogen and oxygen atoms in total. The van der Waals surface area contributed by atoms with Gasteiger partial charge in [-0.15, -0.1) is 0 Å². The summed E-state index contributed by atoms with van der Waals surface area (Å²) < 4.78 is 26.3. The molecule has 0 bridgehead atoms. The second-order valence-corrected chi connectivity index (χ2v) is 6.30. The molecule has 158 valence electrons. The third-order valence-corrected chi connectivity index (χ3v) is 4.52. The molecule has 0 saturated carbocycles. The Kier molecular flexibility index (Phi) is 8.15. The fraction of sp³-hybridized carbons (Fsp3) is 0.409. The minimum atomic E-state index is -0.877. The van der Waals surface area contributed by atoms with E-state index in [0.717, 1.165) is 5.56 Å². The third kappa shape index (κ3) is 5.54. The van der Waals surface area contributed by atoms with Gasteiger partial charge in [-0.05, 0) is 47.9 Å². The minimum Gasteiger partial charge on any atom is -0.493 e. The topological polar surface area (TPSA) is 83.5 Å². The standard InChI is InChI=1S/C22H28O7/c1-6-29-22(24)12-15-11-20(27-4)21(28-5)13-16(15)17(23)9-14-7-8-18(25-2)19(10-14)26-3/h7-8,10-11,13,17,23H,6,9,12H2,1-5H3. The van der Waals surface area contributed by atoms with E-state index in [4.69, 9.17) is 23.7 Å². The Labute approximate surface area is 171 Å². The van der Waals surface area contributed by atoms with Crippen molar-refractivity contribution in [2.75, 3.05) is 35.0 Å². The first-order valence-corrected chi connectivity index (χ1v) is 9.26. The van der Waals surface area contributed by atoms with Crippen molar-refractivity contribution in [3.8, 4) is 23.0 Å². The van der Waals surface area contributed by atoms with Gasteiger partial charge < -0.3 is 28.8 Å². The number of carbonyl (C=O) groups is 1. The van der Waals surface area contributed by atoms with Crippen molar-refractivity contribution >= 4 is 5.97 Å². The van der Waals surface area contributed by atoms with Crippen molar-refractivity contribution in [1.82, 2.24) is 0 Å². The van der Waals surface area contributed by atoms with Gasteiger partial charge in [0.1, 0.15) is 0 Å². The molecular formula is C22H28O7. The molecular weight excluding hydrogens is 376 g/mol. The van der Waals surface area contributed by atoms with Crippen LogP contribution in [0, 0.1) is 0 Å². The predicted octanol–water partition coefficient (Wildman–Crippen LogP) is 3.10. The maximum absolute atomic E-state index is 12.0. The molecule has 0 heterocycles. The van der Waals surface area contributed by atoms with Crippen LogP contribution in [0.25, 0.3) is 0 Å². The number of hydrogen-bond donors (Lipinski definition) is 1. The summed E-state index contributed by atoms with van der Waals surface area (Å²) in [7, 11) is 6.17. The van der Waals surface area contributed by atoms with E-state index in [9.17, 15) is 9.90 Å². The average molecular weight is 404 g/mol. The van der Waals surface area contributed by atoms with Crippen molar-refractivity contribution in [3.63, 3.8) is 0 Å². The SMILES string of the molecule is CCOC(=O)Cc1cc(OC)c(OC)cc1C(O)Cc1ccc(OC)c(OC)c1. The van der Waals surface area contributed by atoms with Crippen LogP contribution < -0.4 is 18.9 Å². The molecule has 0 fully saturated rings. The lowest BCUT2D eigenvalue weighted by Gasteiger charge is -2.19. The van der Waals surface area contributed by atoms with Gasteiger partial charge in [0.15, 0.2) is 23.0 Å². The van der Waals surface area contributed by atoms with E-state index < -0.39 is 6.10 Å². The number of ether oxygens (including phenoxy) is 5. The molecule has 0 aliphatic carbocycles. The van der Waals surface area contributed by atoms with E-state index in [1.165, 1.54) is 14.2 Å². The Morgan fingerprint density at radius 2 is 1.48 bits per heavy atom. The van der Waals surface area contributed by atoms with E-state index in [-0.39, 0.29) is 19.0 Å². The molecule has 0 aromatic heterocycles. The Balaban J connectivity index is 2.38. The van der Waals surface area contributed by atoms with Crippen LogP contribution in [0.5, 0.6) is 23.0 Å². The molecule has 0 aliphatic heterocycles. The van der Waals surface area contributed by atoms with Crippen LogP contribution in [0.15, 0.2) is 30.3 Å². The van der Waals surface area contributed by atoms with Crippen molar-refractivity contribution in [3.05, 3.63) is 47.0 Å². The van der Waals surface area contributed by atoms with Crippen LogP contribution in [0.2, 0.25) is 0 Å². The zero-order valence-electron chi connectivity index (χ0n) is 17.5. The molecule has 0 aliphatic rings. The number of rotatable bonds is 10. The predicted molar refractivity (Wildman–Crippen MR) is 108 cm³/mol. The molecule has 7 heteroatoms. The van der Waals surface area contributed by atoms with Gasteiger partial charge in [-0.25, -0.2) is 0 Å². The minimum absolute atomic E-state index is 0.0204. The Bertz CT molecular complexity index is 832. The van der Waals surface area contributed by atoms with Gasteiger partial charge in [-0.3, -0.25) is 4.79 Å². The molecule has 0 radical (unpaired) electrons. The van der Waals surface area contributed by atoms with Crippen LogP contribution in [-0.4, -0.2) is 46.1 Å². The molecule has 2 aromatic carbocycles. The van der Waals surface area contributed by atoms with Gasteiger partial charge in [-0.2, -0.15) is 0 Å². The first-order valence-electron chi connectivity index (χ1n) is 9.26. The normalized spacial score (nSPS) is 11.5. The number of carbonyl (C=O) groups excluding carboxylic acids is 1. The van der Waals surface area contributed by atoms with E-state index >= 15 is 0 Å². The second-order valence-electron chi connectivity index (χ2n) is 6.30. The summed E-state index contributed by atoms with van der Waals surface area (Å²) >= 11 is 0. The number of aliphatic hydroxyl groups is 1. The molecule has 2 aromatic rings. The number of hydrogen-bond acceptors (Lipinski definition) is 7. The quantitative estimate of drug-likeness (QED) is 0.609. The monoisotopic (exact) mass is 404 g/mol. The van der Waals surface area contributed by atoms with Gasteiger partial charge in [0, 0.05) is 6.42 Å². The smallest absolute Gasteiger partial charge is 0.310 e. The highest BCUT2D eigenvalue weighted by atomic mass is 16.5. The second kappa shape index (κ2) is 10.6. The summed E-state index contributed by atoms with van der Waals surface area (Å²) in [6.07, 6.45) is -0.546. The Morgan fingerprint density at radius 3 is 2.07 bits per heavy atom. The zero-order chi connectivity index (χ0) is 21.4. The maximum Gasteiger partial charge on any atom is 0.310 e. The Hall–Kier alpha value is -2.93. The molecule has 29 heavy (non-hydrogen) atoms. The van der Waals surface area contributed by atoms with Crippen molar-refractivity contribution in [2.24, 2.45) is 0 Å². The summed E-state index contributed by atoms with van der Waals surface area (Å²) in [6, 6.07) is 8.85. The summed E-state index contributed by atoms with van der Waals surface area (Å²) in [5.41, 5.74) is 2.05. The van der Waals surface area contributed by atoms with Crippen molar-refractivity contribution < 1.29 is 33.6 Å². The molecule has 1 atom stereocenters. The highest BCUT2D eigenvalue weighted by Gasteiger charge is 2.20. The summed E-state index contributed by atoms with van der Waals surface area (Å²) in [6.45, 7) is 2.04. The van der Waals surface area contributed by atoms with Crippen molar-refractivity contribution in [1.29, 1.82) is 0 Å².